The number of hydrogen-bond acceptors (Lipinski definition) is 6. The molecule has 2 N–H and O–H groups in total. The summed E-state index contributed by atoms with van der Waals surface area (Å²) >= 11 is 0. The predicted octanol–water partition coefficient (Wildman–Crippen LogP) is 3.88. The summed E-state index contributed by atoms with van der Waals surface area (Å²) in [6.45, 7) is 10.4. The second-order valence-electron chi connectivity index (χ2n) is 9.37. The van der Waals surface area contributed by atoms with E-state index in [1.807, 2.05) is 36.7 Å². The average Bonchev–Trinajstić information content (AvgIpc) is 3.73. The third kappa shape index (κ3) is 7.27. The lowest BCUT2D eigenvalue weighted by Crippen LogP contribution is -2.44. The Morgan fingerprint density at radius 3 is 1.73 bits per heavy atom. The fourth-order valence-corrected chi connectivity index (χ4v) is 4.86. The summed E-state index contributed by atoms with van der Waals surface area (Å²) in [4.78, 5) is 13.9. The minimum atomic E-state index is 0.592. The Morgan fingerprint density at radius 1 is 0.758 bits per heavy atom. The molecule has 2 saturated heterocycles. The predicted molar refractivity (Wildman–Crippen MR) is 138 cm³/mol. The number of nitrogens with one attached hydrogen (secondary N) is 2. The summed E-state index contributed by atoms with van der Waals surface area (Å²) in [6.07, 6.45) is 13.4. The van der Waals surface area contributed by atoms with E-state index in [-0.39, 0.29) is 0 Å². The Labute approximate surface area is 199 Å². The van der Waals surface area contributed by atoms with E-state index in [9.17, 15) is 0 Å². The Hall–Kier alpha value is -2.44. The van der Waals surface area contributed by atoms with Crippen LogP contribution in [0.3, 0.4) is 0 Å². The number of rotatable bonds is 8. The normalized spacial score (nSPS) is 19.3. The van der Waals surface area contributed by atoms with Crippen molar-refractivity contribution >= 4 is 11.6 Å². The Morgan fingerprint density at radius 2 is 1.27 bits per heavy atom. The molecule has 2 aromatic heterocycles. The molecule has 2 aliphatic heterocycles. The smallest absolute Gasteiger partial charge is 0.128 e. The molecule has 6 nitrogen and oxygen atoms in total. The van der Waals surface area contributed by atoms with Crippen LogP contribution < -0.4 is 20.4 Å². The van der Waals surface area contributed by atoms with E-state index in [1.54, 1.807) is 0 Å². The van der Waals surface area contributed by atoms with E-state index >= 15 is 0 Å². The van der Waals surface area contributed by atoms with Gasteiger partial charge in [0.2, 0.25) is 0 Å². The van der Waals surface area contributed by atoms with E-state index in [0.717, 1.165) is 44.5 Å². The zero-order chi connectivity index (χ0) is 22.7. The second-order valence-corrected chi connectivity index (χ2v) is 9.37. The molecule has 3 fully saturated rings. The first-order valence-corrected chi connectivity index (χ1v) is 12.7. The van der Waals surface area contributed by atoms with E-state index in [0.29, 0.717) is 12.1 Å². The van der Waals surface area contributed by atoms with E-state index in [2.05, 4.69) is 55.2 Å². The number of anilines is 2. The fraction of sp³-hybridized carbons (Fsp3) is 0.556. The summed E-state index contributed by atoms with van der Waals surface area (Å²) < 4.78 is 0. The van der Waals surface area contributed by atoms with Crippen molar-refractivity contribution in [2.75, 3.05) is 49.1 Å². The molecule has 0 amide bonds. The highest BCUT2D eigenvalue weighted by molar-refractivity contribution is 5.41. The minimum Gasteiger partial charge on any atom is -0.353 e. The molecule has 1 aliphatic carbocycles. The molecule has 0 radical (unpaired) electrons. The van der Waals surface area contributed by atoms with Gasteiger partial charge in [0, 0.05) is 37.6 Å². The summed E-state index contributed by atoms with van der Waals surface area (Å²) in [5, 5.41) is 6.83. The molecule has 0 bridgehead atoms. The van der Waals surface area contributed by atoms with Gasteiger partial charge in [0.05, 0.1) is 0 Å². The number of piperidine rings is 2. The van der Waals surface area contributed by atoms with Gasteiger partial charge in [-0.15, -0.1) is 6.58 Å². The van der Waals surface area contributed by atoms with Gasteiger partial charge in [0.15, 0.2) is 0 Å². The van der Waals surface area contributed by atoms with Crippen LogP contribution in [-0.4, -0.2) is 61.3 Å². The lowest BCUT2D eigenvalue weighted by atomic mass is 10.0. The van der Waals surface area contributed by atoms with Crippen LogP contribution in [-0.2, 0) is 0 Å². The van der Waals surface area contributed by atoms with Gasteiger partial charge in [-0.25, -0.2) is 9.97 Å². The molecule has 178 valence electrons. The van der Waals surface area contributed by atoms with Crippen LogP contribution in [0.2, 0.25) is 0 Å². The van der Waals surface area contributed by atoms with Crippen LogP contribution in [0.1, 0.15) is 38.5 Å². The van der Waals surface area contributed by atoms with Crippen LogP contribution in [0.4, 0.5) is 11.6 Å². The van der Waals surface area contributed by atoms with E-state index < -0.39 is 0 Å². The number of hydrogen-bond donors (Lipinski definition) is 2. The van der Waals surface area contributed by atoms with Crippen molar-refractivity contribution in [3.05, 3.63) is 61.4 Å². The third-order valence-electron chi connectivity index (χ3n) is 6.86. The van der Waals surface area contributed by atoms with Gasteiger partial charge in [-0.2, -0.15) is 0 Å². The zero-order valence-corrected chi connectivity index (χ0v) is 19.9. The molecule has 6 heteroatoms. The maximum atomic E-state index is 4.54. The lowest BCUT2D eigenvalue weighted by Gasteiger charge is -2.35. The van der Waals surface area contributed by atoms with Gasteiger partial charge in [0.25, 0.3) is 0 Å². The number of aromatic nitrogens is 2. The third-order valence-corrected chi connectivity index (χ3v) is 6.86. The van der Waals surface area contributed by atoms with Crippen LogP contribution in [0.15, 0.2) is 61.4 Å². The molecule has 4 heterocycles. The fourth-order valence-electron chi connectivity index (χ4n) is 4.86. The lowest BCUT2D eigenvalue weighted by molar-refractivity contribution is 0.423. The first-order valence-electron chi connectivity index (χ1n) is 12.7. The molecule has 0 spiro atoms. The Bertz CT molecular complexity index is 798. The molecule has 2 aromatic rings. The van der Waals surface area contributed by atoms with Crippen LogP contribution in [0, 0.1) is 5.92 Å². The van der Waals surface area contributed by atoms with Crippen LogP contribution in [0.25, 0.3) is 0 Å². The van der Waals surface area contributed by atoms with Gasteiger partial charge >= 0.3 is 0 Å². The maximum Gasteiger partial charge on any atom is 0.128 e. The number of nitrogens with zero attached hydrogens (tertiary/aromatic N) is 4. The second kappa shape index (κ2) is 12.7. The van der Waals surface area contributed by atoms with Gasteiger partial charge in [-0.1, -0.05) is 18.2 Å². The first kappa shape index (κ1) is 23.7. The summed E-state index contributed by atoms with van der Waals surface area (Å²) in [5.41, 5.74) is 0. The molecule has 33 heavy (non-hydrogen) atoms. The first-order chi connectivity index (χ1) is 16.3. The van der Waals surface area contributed by atoms with E-state index in [4.69, 9.17) is 0 Å². The quantitative estimate of drug-likeness (QED) is 0.598. The highest BCUT2D eigenvalue weighted by atomic mass is 15.2. The van der Waals surface area contributed by atoms with Crippen molar-refractivity contribution in [3.8, 4) is 0 Å². The topological polar surface area (TPSA) is 56.3 Å². The summed E-state index contributed by atoms with van der Waals surface area (Å²) in [7, 11) is 0. The Balaban J connectivity index is 0.000000157. The van der Waals surface area contributed by atoms with Crippen molar-refractivity contribution in [3.63, 3.8) is 0 Å². The Kier molecular flexibility index (Phi) is 9.13. The monoisotopic (exact) mass is 448 g/mol. The maximum absolute atomic E-state index is 4.54. The number of pyridine rings is 2. The van der Waals surface area contributed by atoms with Gasteiger partial charge in [-0.3, -0.25) is 0 Å². The van der Waals surface area contributed by atoms with Crippen molar-refractivity contribution < 1.29 is 0 Å². The SMILES string of the molecule is C=CCN(c1ccccn1)C1CCNCC1.c1ccc(N(CC2CC2)C2CCNCC2)nc1. The van der Waals surface area contributed by atoms with Gasteiger partial charge < -0.3 is 20.4 Å². The van der Waals surface area contributed by atoms with Gasteiger partial charge in [-0.05, 0) is 94.9 Å². The highest BCUT2D eigenvalue weighted by Crippen LogP contribution is 2.32. The zero-order valence-electron chi connectivity index (χ0n) is 19.9. The molecule has 0 atom stereocenters. The molecular weight excluding hydrogens is 408 g/mol. The van der Waals surface area contributed by atoms with Gasteiger partial charge in [0.1, 0.15) is 11.6 Å². The van der Waals surface area contributed by atoms with Crippen LogP contribution >= 0.6 is 0 Å². The summed E-state index contributed by atoms with van der Waals surface area (Å²) in [5.74, 6) is 3.16. The van der Waals surface area contributed by atoms with Crippen molar-refractivity contribution in [1.29, 1.82) is 0 Å². The minimum absolute atomic E-state index is 0.592. The van der Waals surface area contributed by atoms with Crippen molar-refractivity contribution in [1.82, 2.24) is 20.6 Å². The average molecular weight is 449 g/mol. The molecule has 3 aliphatic rings. The van der Waals surface area contributed by atoms with E-state index in [1.165, 1.54) is 50.9 Å². The largest absolute Gasteiger partial charge is 0.353 e. The van der Waals surface area contributed by atoms with Crippen molar-refractivity contribution in [2.45, 2.75) is 50.6 Å². The van der Waals surface area contributed by atoms with Crippen LogP contribution in [0.5, 0.6) is 0 Å². The summed E-state index contributed by atoms with van der Waals surface area (Å²) in [6, 6.07) is 13.6. The highest BCUT2D eigenvalue weighted by Gasteiger charge is 2.29. The molecule has 0 unspecified atom stereocenters. The molecule has 0 aromatic carbocycles. The molecule has 5 rings (SSSR count). The van der Waals surface area contributed by atoms with Crippen molar-refractivity contribution in [2.24, 2.45) is 5.92 Å². The molecular formula is C27H40N6. The molecule has 1 saturated carbocycles. The standard InChI is InChI=1S/C14H21N3.C13H19N3/c1-2-8-16-14(3-1)17(11-12-4-5-12)13-6-9-15-10-7-13;1-2-11-16(12-6-9-14-10-7-12)13-5-3-4-8-15-13/h1-3,8,12-13,15H,4-7,9-11H2;2-5,8,12,14H,1,6-7,9-11H2.